The van der Waals surface area contributed by atoms with Crippen LogP contribution in [0.25, 0.3) is 33.8 Å². The lowest BCUT2D eigenvalue weighted by Crippen LogP contribution is -2.47. The summed E-state index contributed by atoms with van der Waals surface area (Å²) in [6, 6.07) is 4.47. The molecule has 348 valence electrons. The fraction of sp³-hybridized carbons (Fsp3) is 0.553. The fourth-order valence-corrected chi connectivity index (χ4v) is 10.1. The first-order valence-electron chi connectivity index (χ1n) is 23.7. The third-order valence-electron chi connectivity index (χ3n) is 14.2. The van der Waals surface area contributed by atoms with Gasteiger partial charge < -0.3 is 30.1 Å². The van der Waals surface area contributed by atoms with Crippen LogP contribution in [-0.2, 0) is 14.3 Å². The summed E-state index contributed by atoms with van der Waals surface area (Å²) in [5.74, 6) is 1.69. The van der Waals surface area contributed by atoms with Crippen LogP contribution >= 0.6 is 0 Å². The summed E-state index contributed by atoms with van der Waals surface area (Å²) < 4.78 is 29.1. The molecule has 1 aromatic carbocycles. The highest BCUT2D eigenvalue weighted by atomic mass is 19.1. The van der Waals surface area contributed by atoms with Gasteiger partial charge in [-0.15, -0.1) is 0 Å². The number of nitrogens with two attached hydrogens (primary N) is 1. The smallest absolute Gasteiger partial charge is 0.410 e. The lowest BCUT2D eigenvalue weighted by atomic mass is 9.85. The van der Waals surface area contributed by atoms with Gasteiger partial charge in [-0.3, -0.25) is 19.8 Å². The largest absolute Gasteiger partial charge is 0.446 e. The van der Waals surface area contributed by atoms with Crippen molar-refractivity contribution in [2.75, 3.05) is 61.8 Å². The molecule has 0 unspecified atom stereocenters. The Morgan fingerprint density at radius 1 is 0.924 bits per heavy atom. The van der Waals surface area contributed by atoms with E-state index in [-0.39, 0.29) is 54.1 Å². The average molecular weight is 904 g/mol. The number of carbonyl (C=O) groups excluding carboxylic acids is 3. The molecule has 7 heterocycles. The van der Waals surface area contributed by atoms with Crippen LogP contribution in [0.5, 0.6) is 0 Å². The summed E-state index contributed by atoms with van der Waals surface area (Å²) in [7, 11) is 0. The summed E-state index contributed by atoms with van der Waals surface area (Å²) in [5.41, 5.74) is 10.9. The molecule has 3 saturated heterocycles. The Morgan fingerprint density at radius 3 is 2.38 bits per heavy atom. The summed E-state index contributed by atoms with van der Waals surface area (Å²) in [5, 5.41) is 15.4. The lowest BCUT2D eigenvalue weighted by Gasteiger charge is -2.37. The molecule has 5 aromatic rings. The maximum atomic E-state index is 15.2. The first kappa shape index (κ1) is 43.6. The number of carbonyl (C=O) groups is 3. The van der Waals surface area contributed by atoms with Crippen molar-refractivity contribution in [2.24, 2.45) is 5.92 Å². The third-order valence-corrected chi connectivity index (χ3v) is 14.2. The number of fused-ring (bicyclic) bond motifs is 1. The third kappa shape index (κ3) is 9.13. The number of imide groups is 1. The van der Waals surface area contributed by atoms with E-state index in [0.717, 1.165) is 107 Å². The van der Waals surface area contributed by atoms with E-state index in [1.165, 1.54) is 12.4 Å². The lowest BCUT2D eigenvalue weighted by molar-refractivity contribution is -0.133. The summed E-state index contributed by atoms with van der Waals surface area (Å²) >= 11 is 0. The highest BCUT2D eigenvalue weighted by Crippen LogP contribution is 2.48. The number of piperazine rings is 1. The summed E-state index contributed by atoms with van der Waals surface area (Å²) in [6.07, 6.45) is 14.2. The highest BCUT2D eigenvalue weighted by molar-refractivity contribution is 6.02. The number of nitrogens with one attached hydrogen (secondary N) is 2. The van der Waals surface area contributed by atoms with Gasteiger partial charge in [0.2, 0.25) is 11.8 Å². The molecule has 1 atom stereocenters. The quantitative estimate of drug-likeness (QED) is 0.115. The first-order chi connectivity index (χ1) is 32.1. The second kappa shape index (κ2) is 18.6. The molecule has 4 aromatic heterocycles. The van der Waals surface area contributed by atoms with Crippen LogP contribution in [0.3, 0.4) is 0 Å². The number of benzene rings is 1. The van der Waals surface area contributed by atoms with E-state index in [9.17, 15) is 14.4 Å². The molecule has 2 saturated carbocycles. The van der Waals surface area contributed by atoms with Crippen molar-refractivity contribution in [1.29, 1.82) is 0 Å². The Bertz CT molecular complexity index is 2570. The van der Waals surface area contributed by atoms with E-state index in [4.69, 9.17) is 30.1 Å². The minimum atomic E-state index is -0.553. The molecule has 5 aliphatic rings. The van der Waals surface area contributed by atoms with E-state index in [2.05, 4.69) is 35.6 Å². The minimum absolute atomic E-state index is 0.0324. The maximum absolute atomic E-state index is 15.2. The zero-order valence-corrected chi connectivity index (χ0v) is 37.6. The molecule has 19 heteroatoms. The van der Waals surface area contributed by atoms with Gasteiger partial charge >= 0.3 is 6.09 Å². The highest BCUT2D eigenvalue weighted by Gasteiger charge is 2.37. The van der Waals surface area contributed by atoms with E-state index in [1.54, 1.807) is 12.1 Å². The predicted octanol–water partition coefficient (Wildman–Crippen LogP) is 6.42. The van der Waals surface area contributed by atoms with Crippen LogP contribution in [0.4, 0.5) is 26.4 Å². The van der Waals surface area contributed by atoms with Crippen LogP contribution < -0.4 is 21.3 Å². The topological polar surface area (TPSA) is 216 Å². The molecule has 0 bridgehead atoms. The van der Waals surface area contributed by atoms with Crippen LogP contribution in [0.15, 0.2) is 41.4 Å². The SMILES string of the molecule is CC(C)n1nc(-c2noc(C3CC3)c2-c2ncc(C3CCN(C(=O)OC4CCC(CCN5CCN(c6ccc(N[C@@H]7CCC(=O)NC7=O)cc6F)CC5)CC4)CC3)cn2)c2c(N)ncnc21. The zero-order valence-electron chi connectivity index (χ0n) is 37.6. The van der Waals surface area contributed by atoms with Gasteiger partial charge in [0.15, 0.2) is 17.2 Å². The van der Waals surface area contributed by atoms with E-state index >= 15 is 4.39 Å². The van der Waals surface area contributed by atoms with Gasteiger partial charge in [0.05, 0.1) is 16.6 Å². The number of hydrogen-bond donors (Lipinski definition) is 3. The van der Waals surface area contributed by atoms with Crippen LogP contribution in [0.1, 0.15) is 114 Å². The Kier molecular flexibility index (Phi) is 12.3. The zero-order chi connectivity index (χ0) is 45.5. The van der Waals surface area contributed by atoms with E-state index < -0.39 is 6.04 Å². The maximum Gasteiger partial charge on any atom is 0.410 e. The molecule has 3 aliphatic heterocycles. The van der Waals surface area contributed by atoms with Gasteiger partial charge in [0.25, 0.3) is 0 Å². The van der Waals surface area contributed by atoms with Crippen molar-refractivity contribution in [1.82, 2.24) is 50.0 Å². The van der Waals surface area contributed by atoms with Crippen molar-refractivity contribution in [3.8, 4) is 22.8 Å². The van der Waals surface area contributed by atoms with Crippen molar-refractivity contribution in [3.63, 3.8) is 0 Å². The molecule has 4 N–H and O–H groups in total. The number of anilines is 3. The molecule has 0 spiro atoms. The summed E-state index contributed by atoms with van der Waals surface area (Å²) in [4.78, 5) is 61.8. The Balaban J connectivity index is 0.663. The predicted molar refractivity (Wildman–Crippen MR) is 244 cm³/mol. The number of amides is 3. The van der Waals surface area contributed by atoms with Crippen molar-refractivity contribution < 1.29 is 28.0 Å². The standard InChI is InChI=1S/C47H58FN13O5/c1-27(2)61-45-39(43(49)52-26-53-45)40(56-61)41-38(42(66-57-41)30-5-6-30)44-50-24-31(25-51-44)29-14-17-60(18-15-29)47(64)65-33-8-3-28(4-9-33)13-16-58-19-21-59(22-20-58)36-11-7-32(23-34(36)48)54-35-10-12-37(62)55-46(35)63/h7,11,23-30,33,35,54H,3-6,8-10,12-22H2,1-2H3,(H2,49,52,53)(H,55,62,63)/t28?,33?,35-/m1/s1. The van der Waals surface area contributed by atoms with E-state index in [1.807, 2.05) is 35.8 Å². The Morgan fingerprint density at radius 2 is 1.68 bits per heavy atom. The average Bonchev–Trinajstić information content (AvgIpc) is 3.95. The van der Waals surface area contributed by atoms with Crippen LogP contribution in [0.2, 0.25) is 0 Å². The van der Waals surface area contributed by atoms with Gasteiger partial charge in [0, 0.05) is 75.7 Å². The van der Waals surface area contributed by atoms with Crippen molar-refractivity contribution >= 4 is 46.1 Å². The number of halogens is 1. The van der Waals surface area contributed by atoms with Gasteiger partial charge in [0.1, 0.15) is 41.5 Å². The fourth-order valence-electron chi connectivity index (χ4n) is 10.1. The molecule has 5 fully saturated rings. The molecular weight excluding hydrogens is 846 g/mol. The number of ether oxygens (including phenoxy) is 1. The number of nitrogens with zero attached hydrogens (tertiary/aromatic N) is 10. The monoisotopic (exact) mass is 903 g/mol. The first-order valence-corrected chi connectivity index (χ1v) is 23.7. The number of hydrogen-bond acceptors (Lipinski definition) is 15. The van der Waals surface area contributed by atoms with Gasteiger partial charge in [-0.05, 0) is 120 Å². The minimum Gasteiger partial charge on any atom is -0.446 e. The number of rotatable bonds is 12. The molecule has 0 radical (unpaired) electrons. The van der Waals surface area contributed by atoms with Gasteiger partial charge in [-0.2, -0.15) is 5.10 Å². The number of piperidine rings is 2. The molecule has 18 nitrogen and oxygen atoms in total. The van der Waals surface area contributed by atoms with Crippen LogP contribution in [0, 0.1) is 11.7 Å². The van der Waals surface area contributed by atoms with Gasteiger partial charge in [-0.1, -0.05) is 5.16 Å². The van der Waals surface area contributed by atoms with Gasteiger partial charge in [-0.25, -0.2) is 33.8 Å². The molecule has 3 amide bonds. The van der Waals surface area contributed by atoms with Crippen LogP contribution in [-0.4, -0.2) is 121 Å². The Labute approximate surface area is 382 Å². The second-order valence-electron chi connectivity index (χ2n) is 18.9. The normalized spacial score (nSPS) is 22.3. The second-order valence-corrected chi connectivity index (χ2v) is 18.9. The number of aromatic nitrogens is 7. The van der Waals surface area contributed by atoms with Crippen molar-refractivity contribution in [3.05, 3.63) is 54.1 Å². The Hall–Kier alpha value is -6.24. The molecule has 10 rings (SSSR count). The summed E-state index contributed by atoms with van der Waals surface area (Å²) in [6.45, 7) is 9.50. The van der Waals surface area contributed by atoms with E-state index in [0.29, 0.717) is 70.9 Å². The number of likely N-dealkylation sites (tertiary alicyclic amines) is 1. The molecule has 66 heavy (non-hydrogen) atoms. The van der Waals surface area contributed by atoms with Crippen molar-refractivity contribution in [2.45, 2.75) is 114 Å². The molecule has 2 aliphatic carbocycles. The molecular formula is C47H58FN13O5. The number of nitrogen functional groups attached to an aromatic ring is 1.